The van der Waals surface area contributed by atoms with Gasteiger partial charge in [0, 0.05) is 13.1 Å². The van der Waals surface area contributed by atoms with Crippen LogP contribution in [-0.2, 0) is 4.84 Å². The number of hydrogen-bond donors (Lipinski definition) is 2. The number of nitrogens with zero attached hydrogens (tertiary/aromatic N) is 1. The van der Waals surface area contributed by atoms with E-state index in [1.807, 2.05) is 0 Å². The van der Waals surface area contributed by atoms with E-state index < -0.39 is 0 Å². The quantitative estimate of drug-likeness (QED) is 0.449. The largest absolute Gasteiger partial charge is 0.302 e. The van der Waals surface area contributed by atoms with Crippen molar-refractivity contribution < 1.29 is 4.84 Å². The van der Waals surface area contributed by atoms with Crippen LogP contribution in [0.5, 0.6) is 0 Å². The molecule has 0 spiro atoms. The maximum Gasteiger partial charge on any atom is 0.150 e. The molecule has 0 bridgehead atoms. The summed E-state index contributed by atoms with van der Waals surface area (Å²) in [5, 5.41) is 0. The van der Waals surface area contributed by atoms with Gasteiger partial charge in [-0.1, -0.05) is 26.3 Å². The van der Waals surface area contributed by atoms with Crippen LogP contribution in [0.1, 0.15) is 52.4 Å². The third-order valence-corrected chi connectivity index (χ3v) is 5.17. The molecule has 1 unspecified atom stereocenters. The minimum Gasteiger partial charge on any atom is -0.302 e. The Morgan fingerprint density at radius 3 is 2.81 bits per heavy atom. The van der Waals surface area contributed by atoms with Crippen molar-refractivity contribution >= 4 is 0 Å². The third-order valence-electron chi connectivity index (χ3n) is 5.17. The summed E-state index contributed by atoms with van der Waals surface area (Å²) in [5.41, 5.74) is 10.8. The van der Waals surface area contributed by atoms with Gasteiger partial charge in [-0.05, 0) is 62.6 Å². The number of hydrogen-bond acceptors (Lipinski definition) is 4. The lowest BCUT2D eigenvalue weighted by atomic mass is 9.67. The van der Waals surface area contributed by atoms with E-state index in [1.165, 1.54) is 37.7 Å². The average Bonchev–Trinajstić information content (AvgIpc) is 2.30. The van der Waals surface area contributed by atoms with Crippen molar-refractivity contribution in [2.45, 2.75) is 58.6 Å². The van der Waals surface area contributed by atoms with E-state index in [1.54, 1.807) is 0 Å². The molecule has 1 aliphatic carbocycles. The zero-order valence-electron chi connectivity index (χ0n) is 14.0. The molecule has 0 aromatic rings. The van der Waals surface area contributed by atoms with Crippen molar-refractivity contribution in [3.05, 3.63) is 11.6 Å². The molecule has 3 N–H and O–H groups in total. The van der Waals surface area contributed by atoms with Gasteiger partial charge < -0.3 is 10.6 Å². The minimum absolute atomic E-state index is 0.296. The van der Waals surface area contributed by atoms with Crippen LogP contribution in [0, 0.1) is 11.3 Å². The molecule has 1 heterocycles. The van der Waals surface area contributed by atoms with Crippen LogP contribution in [0.25, 0.3) is 0 Å². The first-order valence-electron chi connectivity index (χ1n) is 8.50. The van der Waals surface area contributed by atoms with Crippen LogP contribution in [0.4, 0.5) is 0 Å². The van der Waals surface area contributed by atoms with E-state index in [0.29, 0.717) is 5.41 Å². The molecule has 1 saturated carbocycles. The molecular weight excluding hydrogens is 262 g/mol. The van der Waals surface area contributed by atoms with E-state index in [9.17, 15) is 0 Å². The fraction of sp³-hybridized carbons (Fsp3) is 0.882. The van der Waals surface area contributed by atoms with Gasteiger partial charge >= 0.3 is 0 Å². The summed E-state index contributed by atoms with van der Waals surface area (Å²) in [6.07, 6.45) is 9.66. The Balaban J connectivity index is 1.76. The molecule has 4 heteroatoms. The van der Waals surface area contributed by atoms with Crippen LogP contribution in [0.15, 0.2) is 11.6 Å². The molecule has 2 aliphatic rings. The molecule has 1 fully saturated rings. The predicted molar refractivity (Wildman–Crippen MR) is 87.6 cm³/mol. The first-order valence-corrected chi connectivity index (χ1v) is 8.50. The minimum atomic E-state index is -0.331. The Kier molecular flexibility index (Phi) is 6.23. The molecule has 0 saturated heterocycles. The van der Waals surface area contributed by atoms with E-state index in [-0.39, 0.29) is 6.23 Å². The predicted octanol–water partition coefficient (Wildman–Crippen LogP) is 2.66. The van der Waals surface area contributed by atoms with E-state index in [4.69, 9.17) is 10.6 Å². The van der Waals surface area contributed by atoms with Gasteiger partial charge in [-0.2, -0.15) is 5.48 Å². The van der Waals surface area contributed by atoms with Gasteiger partial charge in [0.2, 0.25) is 0 Å². The van der Waals surface area contributed by atoms with Crippen molar-refractivity contribution in [2.24, 2.45) is 17.1 Å². The molecule has 0 aromatic heterocycles. The van der Waals surface area contributed by atoms with Crippen LogP contribution in [0.3, 0.4) is 0 Å². The first-order chi connectivity index (χ1) is 9.99. The molecule has 0 amide bonds. The third kappa shape index (κ3) is 5.06. The smallest absolute Gasteiger partial charge is 0.150 e. The molecule has 21 heavy (non-hydrogen) atoms. The van der Waals surface area contributed by atoms with Crippen molar-refractivity contribution in [3.63, 3.8) is 0 Å². The highest BCUT2D eigenvalue weighted by atomic mass is 16.7. The summed E-state index contributed by atoms with van der Waals surface area (Å²) < 4.78 is 0. The maximum absolute atomic E-state index is 6.20. The number of likely N-dealkylation sites (N-methyl/N-ethyl adjacent to an activating group) is 1. The highest BCUT2D eigenvalue weighted by Crippen LogP contribution is 2.41. The summed E-state index contributed by atoms with van der Waals surface area (Å²) in [5.74, 6) is 0.830. The highest BCUT2D eigenvalue weighted by Gasteiger charge is 2.33. The second-order valence-electron chi connectivity index (χ2n) is 7.49. The number of nitrogens with one attached hydrogen (secondary N) is 1. The van der Waals surface area contributed by atoms with Gasteiger partial charge in [0.25, 0.3) is 0 Å². The van der Waals surface area contributed by atoms with Gasteiger partial charge in [-0.3, -0.25) is 4.84 Å². The molecular formula is C17H33N3O. The highest BCUT2D eigenvalue weighted by molar-refractivity contribution is 5.09. The lowest BCUT2D eigenvalue weighted by Crippen LogP contribution is -2.43. The number of allylic oxidation sites excluding steroid dienone is 1. The van der Waals surface area contributed by atoms with Crippen LogP contribution >= 0.6 is 0 Å². The molecule has 0 radical (unpaired) electrons. The van der Waals surface area contributed by atoms with E-state index in [2.05, 4.69) is 37.4 Å². The fourth-order valence-electron chi connectivity index (χ4n) is 3.20. The summed E-state index contributed by atoms with van der Waals surface area (Å²) >= 11 is 0. The van der Waals surface area contributed by atoms with Crippen molar-refractivity contribution in [2.75, 3.05) is 26.7 Å². The first kappa shape index (κ1) is 16.9. The van der Waals surface area contributed by atoms with Gasteiger partial charge in [-0.15, -0.1) is 0 Å². The Hall–Kier alpha value is -0.420. The van der Waals surface area contributed by atoms with Crippen molar-refractivity contribution in [3.8, 4) is 0 Å². The summed E-state index contributed by atoms with van der Waals surface area (Å²) in [4.78, 5) is 8.04. The van der Waals surface area contributed by atoms with E-state index in [0.717, 1.165) is 32.0 Å². The molecule has 122 valence electrons. The van der Waals surface area contributed by atoms with Crippen molar-refractivity contribution in [1.29, 1.82) is 0 Å². The lowest BCUT2D eigenvalue weighted by Gasteiger charge is -2.40. The second kappa shape index (κ2) is 7.73. The number of rotatable bonds is 6. The summed E-state index contributed by atoms with van der Waals surface area (Å²) in [6.45, 7) is 7.57. The molecule has 2 rings (SSSR count). The zero-order chi connectivity index (χ0) is 15.3. The molecule has 1 aliphatic heterocycles. The standard InChI is InChI=1S/C17H33N3O/c1-17(2,15-9-7-10-15)13-19-21-16(18)14-8-5-4-6-11-20(3)12-14/h8,15-16,19H,4-7,9-13,18H2,1-3H3/b14-8+. The van der Waals surface area contributed by atoms with Gasteiger partial charge in [0.05, 0.1) is 0 Å². The van der Waals surface area contributed by atoms with Gasteiger partial charge in [0.15, 0.2) is 0 Å². The second-order valence-corrected chi connectivity index (χ2v) is 7.49. The Morgan fingerprint density at radius 1 is 1.38 bits per heavy atom. The monoisotopic (exact) mass is 295 g/mol. The number of nitrogens with two attached hydrogens (primary N) is 1. The zero-order valence-corrected chi connectivity index (χ0v) is 14.0. The molecule has 0 aromatic carbocycles. The summed E-state index contributed by atoms with van der Waals surface area (Å²) in [6, 6.07) is 0. The Morgan fingerprint density at radius 2 is 2.14 bits per heavy atom. The Bertz CT molecular complexity index is 350. The normalized spacial score (nSPS) is 26.4. The van der Waals surface area contributed by atoms with E-state index >= 15 is 0 Å². The summed E-state index contributed by atoms with van der Waals surface area (Å²) in [7, 11) is 2.15. The van der Waals surface area contributed by atoms with Crippen LogP contribution in [0.2, 0.25) is 0 Å². The topological polar surface area (TPSA) is 50.5 Å². The van der Waals surface area contributed by atoms with Crippen molar-refractivity contribution in [1.82, 2.24) is 10.4 Å². The fourth-order valence-corrected chi connectivity index (χ4v) is 3.20. The Labute approximate surface area is 130 Å². The molecule has 4 nitrogen and oxygen atoms in total. The maximum atomic E-state index is 6.20. The SMILES string of the molecule is CN1CCCC/C=C(/C(N)ONCC(C)(C)C2CCC2)C1. The van der Waals surface area contributed by atoms with Gasteiger partial charge in [0.1, 0.15) is 6.23 Å². The lowest BCUT2D eigenvalue weighted by molar-refractivity contribution is -0.0348. The number of hydroxylamine groups is 1. The van der Waals surface area contributed by atoms with Crippen LogP contribution < -0.4 is 11.2 Å². The average molecular weight is 295 g/mol. The molecule has 1 atom stereocenters. The van der Waals surface area contributed by atoms with Crippen LogP contribution in [-0.4, -0.2) is 37.8 Å². The van der Waals surface area contributed by atoms with Gasteiger partial charge in [-0.25, -0.2) is 0 Å².